The van der Waals surface area contributed by atoms with E-state index in [1.54, 1.807) is 25.7 Å². The lowest BCUT2D eigenvalue weighted by Crippen LogP contribution is -2.55. The second kappa shape index (κ2) is 13.5. The number of rotatable bonds is 11. The Morgan fingerprint density at radius 1 is 1.00 bits per heavy atom. The molecule has 1 aromatic rings. The van der Waals surface area contributed by atoms with Gasteiger partial charge in [-0.3, -0.25) is 9.59 Å². The number of nitrogens with one attached hydrogen (secondary N) is 2. The maximum Gasteiger partial charge on any atom is 0.408 e. The molecule has 3 unspecified atom stereocenters. The molecule has 1 aromatic carbocycles. The molecule has 0 aliphatic rings. The Hall–Kier alpha value is -2.57. The van der Waals surface area contributed by atoms with Crippen molar-refractivity contribution in [2.75, 3.05) is 6.54 Å². The molecule has 3 amide bonds. The van der Waals surface area contributed by atoms with Gasteiger partial charge in [0.15, 0.2) is 0 Å². The van der Waals surface area contributed by atoms with Gasteiger partial charge in [0.2, 0.25) is 11.8 Å². The van der Waals surface area contributed by atoms with Crippen molar-refractivity contribution in [3.05, 3.63) is 34.9 Å². The average Bonchev–Trinajstić information content (AvgIpc) is 2.72. The van der Waals surface area contributed by atoms with Crippen molar-refractivity contribution < 1.29 is 19.1 Å². The van der Waals surface area contributed by atoms with Gasteiger partial charge in [-0.25, -0.2) is 4.79 Å². The van der Waals surface area contributed by atoms with E-state index in [4.69, 9.17) is 4.74 Å². The maximum absolute atomic E-state index is 14.0. The van der Waals surface area contributed by atoms with Crippen molar-refractivity contribution in [3.63, 3.8) is 0 Å². The molecule has 0 fully saturated rings. The molecule has 0 aliphatic heterocycles. The minimum absolute atomic E-state index is 0.0144. The third-order valence-electron chi connectivity index (χ3n) is 5.96. The van der Waals surface area contributed by atoms with Gasteiger partial charge in [-0.15, -0.1) is 0 Å². The summed E-state index contributed by atoms with van der Waals surface area (Å²) in [6.45, 7) is 19.5. The Morgan fingerprint density at radius 3 is 2.14 bits per heavy atom. The summed E-state index contributed by atoms with van der Waals surface area (Å²) in [5.74, 6) is -0.700. The topological polar surface area (TPSA) is 87.7 Å². The number of alkyl carbamates (subject to hydrolysis) is 1. The van der Waals surface area contributed by atoms with Crippen molar-refractivity contribution >= 4 is 17.9 Å². The number of hydrogen-bond donors (Lipinski definition) is 2. The molecule has 35 heavy (non-hydrogen) atoms. The van der Waals surface area contributed by atoms with Crippen LogP contribution in [0.5, 0.6) is 0 Å². The summed E-state index contributed by atoms with van der Waals surface area (Å²) in [7, 11) is 0. The van der Waals surface area contributed by atoms with Gasteiger partial charge in [-0.2, -0.15) is 0 Å². The lowest BCUT2D eigenvalue weighted by molar-refractivity contribution is -0.143. The quantitative estimate of drug-likeness (QED) is 0.433. The first kappa shape index (κ1) is 30.5. The first-order valence-corrected chi connectivity index (χ1v) is 12.9. The zero-order chi connectivity index (χ0) is 26.9. The standard InChI is InChI=1S/C28H47N3O4/c1-11-14-20(6)29-25(32)24(22-16-13-15-19(5)21(22)7)31(17-12-2)26(33)23(18(3)4)30-27(34)35-28(8,9)10/h13,15-16,18,20,23-24H,11-12,14,17H2,1-10H3,(H,29,32)(H,30,34). The van der Waals surface area contributed by atoms with Gasteiger partial charge in [-0.1, -0.05) is 52.3 Å². The van der Waals surface area contributed by atoms with Gasteiger partial charge in [0.25, 0.3) is 0 Å². The van der Waals surface area contributed by atoms with Crippen LogP contribution in [-0.2, 0) is 14.3 Å². The molecule has 0 bridgehead atoms. The third kappa shape index (κ3) is 9.19. The fraction of sp³-hybridized carbons (Fsp3) is 0.679. The van der Waals surface area contributed by atoms with Crippen LogP contribution >= 0.6 is 0 Å². The highest BCUT2D eigenvalue weighted by Gasteiger charge is 2.38. The molecule has 0 saturated carbocycles. The number of carbonyl (C=O) groups excluding carboxylic acids is 3. The molecule has 0 saturated heterocycles. The second-order valence-electron chi connectivity index (χ2n) is 10.8. The van der Waals surface area contributed by atoms with Gasteiger partial charge in [0.1, 0.15) is 17.7 Å². The van der Waals surface area contributed by atoms with Crippen LogP contribution in [-0.4, -0.2) is 47.0 Å². The van der Waals surface area contributed by atoms with Crippen molar-refractivity contribution in [2.24, 2.45) is 5.92 Å². The van der Waals surface area contributed by atoms with Crippen LogP contribution in [0.3, 0.4) is 0 Å². The van der Waals surface area contributed by atoms with Gasteiger partial charge in [0.05, 0.1) is 0 Å². The predicted octanol–water partition coefficient (Wildman–Crippen LogP) is 5.44. The molecule has 2 N–H and O–H groups in total. The van der Waals surface area contributed by atoms with Crippen molar-refractivity contribution in [1.29, 1.82) is 0 Å². The molecule has 7 heteroatoms. The lowest BCUT2D eigenvalue weighted by atomic mass is 9.93. The molecule has 0 aliphatic carbocycles. The summed E-state index contributed by atoms with van der Waals surface area (Å²) in [6, 6.07) is 4.19. The highest BCUT2D eigenvalue weighted by Crippen LogP contribution is 2.28. The Balaban J connectivity index is 3.49. The van der Waals surface area contributed by atoms with E-state index in [0.717, 1.165) is 29.5 Å². The van der Waals surface area contributed by atoms with E-state index >= 15 is 0 Å². The molecule has 0 aromatic heterocycles. The fourth-order valence-electron chi connectivity index (χ4n) is 4.08. The lowest BCUT2D eigenvalue weighted by Gasteiger charge is -2.36. The SMILES string of the molecule is CCCC(C)NC(=O)C(c1cccc(C)c1C)N(CCC)C(=O)C(NC(=O)OC(C)(C)C)C(C)C. The normalized spacial score (nSPS) is 14.1. The average molecular weight is 490 g/mol. The van der Waals surface area contributed by atoms with Crippen molar-refractivity contribution in [1.82, 2.24) is 15.5 Å². The van der Waals surface area contributed by atoms with E-state index in [1.807, 2.05) is 59.7 Å². The Labute approximate surface area is 212 Å². The zero-order valence-corrected chi connectivity index (χ0v) is 23.5. The molecule has 7 nitrogen and oxygen atoms in total. The van der Waals surface area contributed by atoms with Crippen molar-refractivity contribution in [2.45, 2.75) is 112 Å². The van der Waals surface area contributed by atoms with Gasteiger partial charge in [-0.05, 0) is 77.0 Å². The van der Waals surface area contributed by atoms with Gasteiger partial charge >= 0.3 is 6.09 Å². The molecule has 198 valence electrons. The summed E-state index contributed by atoms with van der Waals surface area (Å²) >= 11 is 0. The first-order chi connectivity index (χ1) is 16.2. The van der Waals surface area contributed by atoms with Gasteiger partial charge in [0, 0.05) is 12.6 Å². The predicted molar refractivity (Wildman–Crippen MR) is 141 cm³/mol. The number of benzene rings is 1. The minimum Gasteiger partial charge on any atom is -0.444 e. The summed E-state index contributed by atoms with van der Waals surface area (Å²) < 4.78 is 5.42. The summed E-state index contributed by atoms with van der Waals surface area (Å²) in [5.41, 5.74) is 2.14. The summed E-state index contributed by atoms with van der Waals surface area (Å²) in [5, 5.41) is 5.87. The fourth-order valence-corrected chi connectivity index (χ4v) is 4.08. The van der Waals surface area contributed by atoms with Crippen LogP contribution in [0.25, 0.3) is 0 Å². The van der Waals surface area contributed by atoms with E-state index in [-0.39, 0.29) is 23.8 Å². The molecular formula is C28H47N3O4. The number of ether oxygens (including phenoxy) is 1. The maximum atomic E-state index is 14.0. The van der Waals surface area contributed by atoms with Crippen LogP contribution in [0.2, 0.25) is 0 Å². The first-order valence-electron chi connectivity index (χ1n) is 12.9. The van der Waals surface area contributed by atoms with E-state index in [2.05, 4.69) is 17.6 Å². The van der Waals surface area contributed by atoms with E-state index in [1.165, 1.54) is 0 Å². The Bertz CT molecular complexity index is 860. The molecule has 3 atom stereocenters. The monoisotopic (exact) mass is 489 g/mol. The number of amides is 3. The second-order valence-corrected chi connectivity index (χ2v) is 10.8. The summed E-state index contributed by atoms with van der Waals surface area (Å²) in [6.07, 6.45) is 1.82. The van der Waals surface area contributed by atoms with Crippen LogP contribution in [0.15, 0.2) is 18.2 Å². The number of nitrogens with zero attached hydrogens (tertiary/aromatic N) is 1. The number of aryl methyl sites for hydroxylation is 1. The number of carbonyl (C=O) groups is 3. The third-order valence-corrected chi connectivity index (χ3v) is 5.96. The molecular weight excluding hydrogens is 442 g/mol. The van der Waals surface area contributed by atoms with Crippen LogP contribution in [0, 0.1) is 19.8 Å². The Morgan fingerprint density at radius 2 is 1.63 bits per heavy atom. The highest BCUT2D eigenvalue weighted by molar-refractivity contribution is 5.92. The van der Waals surface area contributed by atoms with E-state index in [0.29, 0.717) is 13.0 Å². The molecule has 0 spiro atoms. The Kier molecular flexibility index (Phi) is 11.7. The van der Waals surface area contributed by atoms with Gasteiger partial charge < -0.3 is 20.3 Å². The smallest absolute Gasteiger partial charge is 0.408 e. The zero-order valence-electron chi connectivity index (χ0n) is 23.5. The van der Waals surface area contributed by atoms with Crippen LogP contribution < -0.4 is 10.6 Å². The summed E-state index contributed by atoms with van der Waals surface area (Å²) in [4.78, 5) is 41.9. The minimum atomic E-state index is -0.829. The van der Waals surface area contributed by atoms with Crippen molar-refractivity contribution in [3.8, 4) is 0 Å². The van der Waals surface area contributed by atoms with Crippen LogP contribution in [0.1, 0.15) is 97.4 Å². The molecule has 0 heterocycles. The largest absolute Gasteiger partial charge is 0.444 e. The van der Waals surface area contributed by atoms with Crippen LogP contribution in [0.4, 0.5) is 4.79 Å². The highest BCUT2D eigenvalue weighted by atomic mass is 16.6. The molecule has 0 radical (unpaired) electrons. The molecule has 1 rings (SSSR count). The van der Waals surface area contributed by atoms with E-state index in [9.17, 15) is 14.4 Å². The van der Waals surface area contributed by atoms with E-state index < -0.39 is 23.8 Å². The number of hydrogen-bond acceptors (Lipinski definition) is 4.